The molecule has 26 heavy (non-hydrogen) atoms. The van der Waals surface area contributed by atoms with Crippen molar-refractivity contribution in [3.8, 4) is 17.2 Å². The SMILES string of the molecule is COc1ccc(CNC(=O)CO/N=C\c2cccc(OC)c2OC)cc1. The molecule has 2 aromatic carbocycles. The van der Waals surface area contributed by atoms with Gasteiger partial charge in [0.15, 0.2) is 18.1 Å². The van der Waals surface area contributed by atoms with Crippen molar-refractivity contribution in [3.05, 3.63) is 53.6 Å². The first-order valence-electron chi connectivity index (χ1n) is 7.94. The standard InChI is InChI=1S/C19H22N2O5/c1-23-16-9-7-14(8-10-16)11-20-18(22)13-26-21-12-15-5-4-6-17(24-2)19(15)25-3/h4-10,12H,11,13H2,1-3H3,(H,20,22)/b21-12-. The molecule has 0 fully saturated rings. The molecule has 2 aromatic rings. The third-order valence-corrected chi connectivity index (χ3v) is 3.54. The van der Waals surface area contributed by atoms with Crippen molar-refractivity contribution in [1.29, 1.82) is 0 Å². The molecule has 1 amide bonds. The summed E-state index contributed by atoms with van der Waals surface area (Å²) in [7, 11) is 4.71. The van der Waals surface area contributed by atoms with E-state index in [1.54, 1.807) is 33.5 Å². The van der Waals surface area contributed by atoms with Gasteiger partial charge >= 0.3 is 0 Å². The number of nitrogens with one attached hydrogen (secondary N) is 1. The molecular formula is C19H22N2O5. The first-order chi connectivity index (χ1) is 12.7. The Balaban J connectivity index is 1.80. The molecule has 0 saturated carbocycles. The lowest BCUT2D eigenvalue weighted by molar-refractivity contribution is -0.125. The fourth-order valence-corrected chi connectivity index (χ4v) is 2.20. The molecule has 0 spiro atoms. The maximum Gasteiger partial charge on any atom is 0.261 e. The van der Waals surface area contributed by atoms with Crippen LogP contribution >= 0.6 is 0 Å². The first-order valence-corrected chi connectivity index (χ1v) is 7.94. The molecule has 1 N–H and O–H groups in total. The molecular weight excluding hydrogens is 336 g/mol. The Hall–Kier alpha value is -3.22. The highest BCUT2D eigenvalue weighted by Gasteiger charge is 2.07. The topological polar surface area (TPSA) is 78.4 Å². The van der Waals surface area contributed by atoms with Crippen LogP contribution < -0.4 is 19.5 Å². The number of carbonyl (C=O) groups is 1. The van der Waals surface area contributed by atoms with Gasteiger partial charge in [0, 0.05) is 12.1 Å². The minimum absolute atomic E-state index is 0.182. The van der Waals surface area contributed by atoms with Gasteiger partial charge in [-0.3, -0.25) is 4.79 Å². The number of carbonyl (C=O) groups excluding carboxylic acids is 1. The van der Waals surface area contributed by atoms with Crippen molar-refractivity contribution >= 4 is 12.1 Å². The summed E-state index contributed by atoms with van der Waals surface area (Å²) in [6.07, 6.45) is 1.47. The number of ether oxygens (including phenoxy) is 3. The van der Waals surface area contributed by atoms with Gasteiger partial charge < -0.3 is 24.4 Å². The van der Waals surface area contributed by atoms with E-state index in [9.17, 15) is 4.79 Å². The fourth-order valence-electron chi connectivity index (χ4n) is 2.20. The molecule has 0 aliphatic heterocycles. The minimum Gasteiger partial charge on any atom is -0.497 e. The van der Waals surface area contributed by atoms with E-state index in [2.05, 4.69) is 10.5 Å². The van der Waals surface area contributed by atoms with E-state index >= 15 is 0 Å². The molecule has 0 saturated heterocycles. The van der Waals surface area contributed by atoms with Gasteiger partial charge in [0.05, 0.1) is 27.5 Å². The van der Waals surface area contributed by atoms with Crippen LogP contribution in [-0.4, -0.2) is 40.1 Å². The highest BCUT2D eigenvalue weighted by molar-refractivity contribution is 5.84. The number of oxime groups is 1. The summed E-state index contributed by atoms with van der Waals surface area (Å²) in [4.78, 5) is 16.8. The van der Waals surface area contributed by atoms with Crippen LogP contribution in [0.5, 0.6) is 17.2 Å². The van der Waals surface area contributed by atoms with Crippen LogP contribution in [0.3, 0.4) is 0 Å². The van der Waals surface area contributed by atoms with E-state index in [4.69, 9.17) is 19.0 Å². The molecule has 0 bridgehead atoms. The zero-order valence-electron chi connectivity index (χ0n) is 15.0. The molecule has 2 rings (SSSR count). The van der Waals surface area contributed by atoms with E-state index < -0.39 is 0 Å². The van der Waals surface area contributed by atoms with E-state index in [-0.39, 0.29) is 12.5 Å². The zero-order valence-corrected chi connectivity index (χ0v) is 15.0. The van der Waals surface area contributed by atoms with Crippen LogP contribution in [0, 0.1) is 0 Å². The van der Waals surface area contributed by atoms with Gasteiger partial charge in [-0.25, -0.2) is 0 Å². The lowest BCUT2D eigenvalue weighted by Crippen LogP contribution is -2.26. The summed E-state index contributed by atoms with van der Waals surface area (Å²) < 4.78 is 15.6. The molecule has 0 atom stereocenters. The number of benzene rings is 2. The quantitative estimate of drug-likeness (QED) is 0.550. The van der Waals surface area contributed by atoms with Gasteiger partial charge in [-0.15, -0.1) is 0 Å². The van der Waals surface area contributed by atoms with Gasteiger partial charge in [0.2, 0.25) is 0 Å². The Morgan fingerprint density at radius 1 is 1.04 bits per heavy atom. The van der Waals surface area contributed by atoms with Crippen molar-refractivity contribution in [2.75, 3.05) is 27.9 Å². The number of amides is 1. The van der Waals surface area contributed by atoms with Gasteiger partial charge in [-0.05, 0) is 29.8 Å². The Morgan fingerprint density at radius 3 is 2.46 bits per heavy atom. The molecule has 7 heteroatoms. The van der Waals surface area contributed by atoms with Gasteiger partial charge in [-0.1, -0.05) is 23.4 Å². The average Bonchev–Trinajstić information content (AvgIpc) is 2.69. The summed E-state index contributed by atoms with van der Waals surface area (Å²) in [6.45, 7) is 0.221. The van der Waals surface area contributed by atoms with Crippen LogP contribution in [0.1, 0.15) is 11.1 Å². The maximum absolute atomic E-state index is 11.8. The third-order valence-electron chi connectivity index (χ3n) is 3.54. The van der Waals surface area contributed by atoms with Crippen LogP contribution in [0.15, 0.2) is 47.6 Å². The van der Waals surface area contributed by atoms with E-state index in [0.29, 0.717) is 23.6 Å². The van der Waals surface area contributed by atoms with Crippen LogP contribution in [0.2, 0.25) is 0 Å². The monoisotopic (exact) mass is 358 g/mol. The smallest absolute Gasteiger partial charge is 0.261 e. The van der Waals surface area contributed by atoms with Crippen molar-refractivity contribution in [3.63, 3.8) is 0 Å². The summed E-state index contributed by atoms with van der Waals surface area (Å²) in [5, 5.41) is 6.56. The largest absolute Gasteiger partial charge is 0.497 e. The minimum atomic E-state index is -0.268. The van der Waals surface area contributed by atoms with Crippen LogP contribution in [0.25, 0.3) is 0 Å². The number of hydrogen-bond acceptors (Lipinski definition) is 6. The molecule has 0 aliphatic rings. The second-order valence-electron chi connectivity index (χ2n) is 5.22. The molecule has 0 aromatic heterocycles. The van der Waals surface area contributed by atoms with Gasteiger partial charge in [-0.2, -0.15) is 0 Å². The van der Waals surface area contributed by atoms with Gasteiger partial charge in [0.25, 0.3) is 5.91 Å². The first kappa shape index (κ1) is 19.1. The second-order valence-corrected chi connectivity index (χ2v) is 5.22. The number of rotatable bonds is 9. The predicted octanol–water partition coefficient (Wildman–Crippen LogP) is 2.38. The van der Waals surface area contributed by atoms with Crippen LogP contribution in [0.4, 0.5) is 0 Å². The lowest BCUT2D eigenvalue weighted by Gasteiger charge is -2.09. The fraction of sp³-hybridized carbons (Fsp3) is 0.263. The Morgan fingerprint density at radius 2 is 1.81 bits per heavy atom. The number of methoxy groups -OCH3 is 3. The molecule has 0 radical (unpaired) electrons. The van der Waals surface area contributed by atoms with Crippen LogP contribution in [-0.2, 0) is 16.2 Å². The maximum atomic E-state index is 11.8. The summed E-state index contributed by atoms with van der Waals surface area (Å²) in [5.41, 5.74) is 1.65. The highest BCUT2D eigenvalue weighted by Crippen LogP contribution is 2.29. The molecule has 138 valence electrons. The van der Waals surface area contributed by atoms with Crippen molar-refractivity contribution in [2.45, 2.75) is 6.54 Å². The number of hydrogen-bond donors (Lipinski definition) is 1. The number of nitrogens with zero attached hydrogens (tertiary/aromatic N) is 1. The van der Waals surface area contributed by atoms with E-state index in [1.165, 1.54) is 6.21 Å². The Bertz CT molecular complexity index is 744. The van der Waals surface area contributed by atoms with Gasteiger partial charge in [0.1, 0.15) is 5.75 Å². The molecule has 7 nitrogen and oxygen atoms in total. The average molecular weight is 358 g/mol. The summed E-state index contributed by atoms with van der Waals surface area (Å²) >= 11 is 0. The third kappa shape index (κ3) is 5.41. The molecule has 0 unspecified atom stereocenters. The van der Waals surface area contributed by atoms with Crippen molar-refractivity contribution in [2.24, 2.45) is 5.16 Å². The Labute approximate surface area is 152 Å². The van der Waals surface area contributed by atoms with Crippen molar-refractivity contribution in [1.82, 2.24) is 5.32 Å². The zero-order chi connectivity index (χ0) is 18.8. The van der Waals surface area contributed by atoms with E-state index in [0.717, 1.165) is 11.3 Å². The van der Waals surface area contributed by atoms with Crippen molar-refractivity contribution < 1.29 is 23.8 Å². The number of para-hydroxylation sites is 1. The summed E-state index contributed by atoms with van der Waals surface area (Å²) in [6, 6.07) is 12.8. The van der Waals surface area contributed by atoms with E-state index in [1.807, 2.05) is 30.3 Å². The Kier molecular flexibility index (Phi) is 7.30. The second kappa shape index (κ2) is 9.93. The normalized spacial score (nSPS) is 10.4. The predicted molar refractivity (Wildman–Crippen MR) is 97.9 cm³/mol. The lowest BCUT2D eigenvalue weighted by atomic mass is 10.2. The molecule has 0 heterocycles. The molecule has 0 aliphatic carbocycles. The summed E-state index contributed by atoms with van der Waals surface area (Å²) in [5.74, 6) is 1.64. The highest BCUT2D eigenvalue weighted by atomic mass is 16.6.